The second-order valence-corrected chi connectivity index (χ2v) is 8.93. The van der Waals surface area contributed by atoms with Crippen molar-refractivity contribution in [3.05, 3.63) is 57.8 Å². The van der Waals surface area contributed by atoms with Crippen molar-refractivity contribution in [3.63, 3.8) is 0 Å². The highest BCUT2D eigenvalue weighted by Gasteiger charge is 2.21. The molecule has 146 valence electrons. The third kappa shape index (κ3) is 5.10. The van der Waals surface area contributed by atoms with E-state index in [0.29, 0.717) is 38.0 Å². The minimum absolute atomic E-state index is 0.0784. The molecule has 0 spiro atoms. The summed E-state index contributed by atoms with van der Waals surface area (Å²) < 4.78 is 54.8. The normalized spacial score (nSPS) is 16.4. The molecule has 0 unspecified atom stereocenters. The van der Waals surface area contributed by atoms with Gasteiger partial charge < -0.3 is 0 Å². The van der Waals surface area contributed by atoms with Gasteiger partial charge in [-0.25, -0.2) is 17.2 Å². The number of sulfonamides is 1. The highest BCUT2D eigenvalue weighted by molar-refractivity contribution is 7.92. The largest absolute Gasteiger partial charge is 0.299 e. The van der Waals surface area contributed by atoms with Gasteiger partial charge in [0.25, 0.3) is 10.0 Å². The lowest BCUT2D eigenvalue weighted by atomic mass is 10.1. The highest BCUT2D eigenvalue weighted by Crippen LogP contribution is 2.28. The van der Waals surface area contributed by atoms with Crippen molar-refractivity contribution in [2.24, 2.45) is 0 Å². The van der Waals surface area contributed by atoms with E-state index in [1.807, 2.05) is 4.90 Å². The quantitative estimate of drug-likeness (QED) is 0.730. The van der Waals surface area contributed by atoms with E-state index in [4.69, 9.17) is 23.2 Å². The van der Waals surface area contributed by atoms with E-state index in [1.165, 1.54) is 30.3 Å². The molecule has 0 saturated carbocycles. The van der Waals surface area contributed by atoms with Crippen LogP contribution >= 0.6 is 23.2 Å². The smallest absolute Gasteiger partial charge is 0.261 e. The Kier molecular flexibility index (Phi) is 6.25. The number of halogens is 4. The fraction of sp³-hybridized carbons (Fsp3) is 0.333. The van der Waals surface area contributed by atoms with Gasteiger partial charge in [0.1, 0.15) is 12.0 Å². The van der Waals surface area contributed by atoms with Crippen LogP contribution in [0.1, 0.15) is 18.4 Å². The molecule has 1 aliphatic heterocycles. The monoisotopic (exact) mass is 434 g/mol. The van der Waals surface area contributed by atoms with Gasteiger partial charge in [-0.2, -0.15) is 0 Å². The van der Waals surface area contributed by atoms with Crippen LogP contribution in [0.5, 0.6) is 0 Å². The van der Waals surface area contributed by atoms with Crippen molar-refractivity contribution in [1.29, 1.82) is 0 Å². The first kappa shape index (κ1) is 20.3. The maximum Gasteiger partial charge on any atom is 0.261 e. The Balaban J connectivity index is 1.85. The maximum atomic E-state index is 13.7. The van der Waals surface area contributed by atoms with Crippen LogP contribution in [0, 0.1) is 5.82 Å². The predicted molar refractivity (Wildman–Crippen MR) is 103 cm³/mol. The summed E-state index contributed by atoms with van der Waals surface area (Å²) >= 11 is 11.7. The van der Waals surface area contributed by atoms with Crippen molar-refractivity contribution in [2.45, 2.75) is 30.5 Å². The Bertz CT molecular complexity index is 933. The van der Waals surface area contributed by atoms with Gasteiger partial charge >= 0.3 is 0 Å². The average Bonchev–Trinajstić information content (AvgIpc) is 2.61. The molecule has 0 aromatic heterocycles. The van der Waals surface area contributed by atoms with Crippen LogP contribution in [0.3, 0.4) is 0 Å². The minimum atomic E-state index is -3.98. The maximum absolute atomic E-state index is 13.7. The molecular formula is C18H18Cl2F2N2O2S. The molecule has 1 saturated heterocycles. The van der Waals surface area contributed by atoms with Crippen molar-refractivity contribution in [2.75, 3.05) is 17.8 Å². The number of benzene rings is 2. The number of anilines is 1. The Morgan fingerprint density at radius 1 is 1.07 bits per heavy atom. The van der Waals surface area contributed by atoms with Gasteiger partial charge in [-0.1, -0.05) is 29.3 Å². The van der Waals surface area contributed by atoms with E-state index >= 15 is 0 Å². The summed E-state index contributed by atoms with van der Waals surface area (Å²) in [6.07, 6.45) is 0.0685. The second-order valence-electron chi connectivity index (χ2n) is 6.43. The molecule has 2 aromatic rings. The van der Waals surface area contributed by atoms with Gasteiger partial charge in [0.15, 0.2) is 0 Å². The first-order valence-corrected chi connectivity index (χ1v) is 10.6. The van der Waals surface area contributed by atoms with Crippen LogP contribution in [0.25, 0.3) is 0 Å². The third-order valence-corrected chi connectivity index (χ3v) is 6.53. The first-order chi connectivity index (χ1) is 12.7. The average molecular weight is 435 g/mol. The Hall–Kier alpha value is -1.41. The lowest BCUT2D eigenvalue weighted by Crippen LogP contribution is -2.34. The van der Waals surface area contributed by atoms with E-state index in [1.54, 1.807) is 0 Å². The zero-order valence-corrected chi connectivity index (χ0v) is 16.6. The molecule has 1 N–H and O–H groups in total. The van der Waals surface area contributed by atoms with Crippen molar-refractivity contribution in [1.82, 2.24) is 4.90 Å². The second kappa shape index (κ2) is 8.31. The van der Waals surface area contributed by atoms with Crippen LogP contribution in [-0.2, 0) is 16.6 Å². The number of alkyl halides is 1. The first-order valence-electron chi connectivity index (χ1n) is 8.37. The number of nitrogens with one attached hydrogen (secondary N) is 1. The summed E-state index contributed by atoms with van der Waals surface area (Å²) in [6.45, 7) is 1.53. The molecule has 0 radical (unpaired) electrons. The highest BCUT2D eigenvalue weighted by atomic mass is 35.5. The molecular weight excluding hydrogens is 417 g/mol. The zero-order chi connectivity index (χ0) is 19.6. The van der Waals surface area contributed by atoms with Gasteiger partial charge in [-0.05, 0) is 48.7 Å². The molecule has 1 heterocycles. The van der Waals surface area contributed by atoms with Gasteiger partial charge in [0.05, 0.1) is 20.6 Å². The molecule has 0 bridgehead atoms. The summed E-state index contributed by atoms with van der Waals surface area (Å²) in [5.74, 6) is -0.562. The van der Waals surface area contributed by atoms with Gasteiger partial charge in [0.2, 0.25) is 0 Å². The molecule has 0 amide bonds. The number of likely N-dealkylation sites (tertiary alicyclic amines) is 1. The number of hydrogen-bond acceptors (Lipinski definition) is 3. The van der Waals surface area contributed by atoms with Crippen LogP contribution in [-0.4, -0.2) is 32.6 Å². The van der Waals surface area contributed by atoms with E-state index in [-0.39, 0.29) is 20.6 Å². The lowest BCUT2D eigenvalue weighted by Gasteiger charge is -2.29. The van der Waals surface area contributed by atoms with Crippen molar-refractivity contribution in [3.8, 4) is 0 Å². The lowest BCUT2D eigenvalue weighted by molar-refractivity contribution is 0.145. The standard InChI is InChI=1S/C18H18Cl2F2N2O2S/c19-16-4-3-15(10-17(16)20)27(25,26)23-18-9-14(22)2-1-12(18)11-24-7-5-13(21)6-8-24/h1-4,9-10,13,23H,5-8,11H2. The summed E-state index contributed by atoms with van der Waals surface area (Å²) in [7, 11) is -3.98. The van der Waals surface area contributed by atoms with Gasteiger partial charge in [-0.3, -0.25) is 9.62 Å². The number of piperidine rings is 1. The molecule has 0 atom stereocenters. The number of nitrogens with zero attached hydrogens (tertiary/aromatic N) is 1. The van der Waals surface area contributed by atoms with Crippen molar-refractivity contribution < 1.29 is 17.2 Å². The minimum Gasteiger partial charge on any atom is -0.299 e. The van der Waals surface area contributed by atoms with Gasteiger partial charge in [0, 0.05) is 19.6 Å². The fourth-order valence-corrected chi connectivity index (χ4v) is 4.41. The van der Waals surface area contributed by atoms with E-state index in [9.17, 15) is 17.2 Å². The Morgan fingerprint density at radius 2 is 1.78 bits per heavy atom. The van der Waals surface area contributed by atoms with Crippen LogP contribution < -0.4 is 4.72 Å². The van der Waals surface area contributed by atoms with E-state index < -0.39 is 22.0 Å². The molecule has 9 heteroatoms. The molecule has 0 aliphatic carbocycles. The van der Waals surface area contributed by atoms with Crippen LogP contribution in [0.4, 0.5) is 14.5 Å². The van der Waals surface area contributed by atoms with Gasteiger partial charge in [-0.15, -0.1) is 0 Å². The predicted octanol–water partition coefficient (Wildman–Crippen LogP) is 4.87. The SMILES string of the molecule is O=S(=O)(Nc1cc(F)ccc1CN1CCC(F)CC1)c1ccc(Cl)c(Cl)c1. The fourth-order valence-electron chi connectivity index (χ4n) is 2.93. The molecule has 3 rings (SSSR count). The van der Waals surface area contributed by atoms with Crippen molar-refractivity contribution >= 4 is 38.9 Å². The molecule has 1 aliphatic rings. The third-order valence-electron chi connectivity index (χ3n) is 4.43. The molecule has 1 fully saturated rings. The molecule has 2 aromatic carbocycles. The number of rotatable bonds is 5. The Morgan fingerprint density at radius 3 is 2.44 bits per heavy atom. The summed E-state index contributed by atoms with van der Waals surface area (Å²) in [5.41, 5.74) is 0.751. The number of hydrogen-bond donors (Lipinski definition) is 1. The summed E-state index contributed by atoms with van der Waals surface area (Å²) in [4.78, 5) is 1.94. The molecule has 27 heavy (non-hydrogen) atoms. The topological polar surface area (TPSA) is 49.4 Å². The van der Waals surface area contributed by atoms with Crippen LogP contribution in [0.15, 0.2) is 41.3 Å². The summed E-state index contributed by atoms with van der Waals surface area (Å²) in [5, 5.41) is 0.339. The zero-order valence-electron chi connectivity index (χ0n) is 14.3. The summed E-state index contributed by atoms with van der Waals surface area (Å²) in [6, 6.07) is 7.87. The van der Waals surface area contributed by atoms with E-state index in [2.05, 4.69) is 4.72 Å². The Labute approximate surface area is 167 Å². The molecule has 4 nitrogen and oxygen atoms in total. The van der Waals surface area contributed by atoms with Crippen LogP contribution in [0.2, 0.25) is 10.0 Å². The van der Waals surface area contributed by atoms with E-state index in [0.717, 1.165) is 6.07 Å².